The molecule has 2 aliphatic rings. The monoisotopic (exact) mass is 321 g/mol. The topological polar surface area (TPSA) is 38.1 Å². The molecule has 2 heterocycles. The second-order valence-electron chi connectivity index (χ2n) is 6.90. The van der Waals surface area contributed by atoms with Crippen molar-refractivity contribution in [3.63, 3.8) is 0 Å². The molecule has 0 saturated heterocycles. The molecule has 0 bridgehead atoms. The molecule has 4 heteroatoms. The number of benzene rings is 1. The van der Waals surface area contributed by atoms with E-state index in [0.29, 0.717) is 5.91 Å². The molecule has 2 atom stereocenters. The van der Waals surface area contributed by atoms with E-state index in [1.54, 1.807) is 0 Å². The quantitative estimate of drug-likeness (QED) is 0.796. The highest BCUT2D eigenvalue weighted by Gasteiger charge is 2.32. The highest BCUT2D eigenvalue weighted by Crippen LogP contribution is 2.34. The number of carbonyl (C=O) groups excluding carboxylic acids is 1. The highest BCUT2D eigenvalue weighted by atomic mass is 16.2. The van der Waals surface area contributed by atoms with Gasteiger partial charge in [-0.3, -0.25) is 9.48 Å². The Morgan fingerprint density at radius 3 is 2.88 bits per heavy atom. The Kier molecular flexibility index (Phi) is 3.97. The summed E-state index contributed by atoms with van der Waals surface area (Å²) < 4.78 is 1.84. The van der Waals surface area contributed by atoms with Gasteiger partial charge in [-0.2, -0.15) is 5.10 Å². The van der Waals surface area contributed by atoms with E-state index in [2.05, 4.69) is 52.6 Å². The van der Waals surface area contributed by atoms with Crippen molar-refractivity contribution in [1.29, 1.82) is 0 Å². The lowest BCUT2D eigenvalue weighted by Gasteiger charge is -2.36. The van der Waals surface area contributed by atoms with Crippen LogP contribution in [0.25, 0.3) is 0 Å². The number of fused-ring (bicyclic) bond motifs is 1. The first-order chi connectivity index (χ1) is 11.7. The molecule has 24 heavy (non-hydrogen) atoms. The summed E-state index contributed by atoms with van der Waals surface area (Å²) in [7, 11) is 1.94. The number of rotatable bonds is 2. The lowest BCUT2D eigenvalue weighted by Crippen LogP contribution is -2.42. The lowest BCUT2D eigenvalue weighted by molar-refractivity contribution is -0.137. The van der Waals surface area contributed by atoms with Crippen molar-refractivity contribution in [2.75, 3.05) is 6.54 Å². The van der Waals surface area contributed by atoms with Gasteiger partial charge in [-0.05, 0) is 36.0 Å². The third-order valence-electron chi connectivity index (χ3n) is 5.25. The number of amides is 1. The number of hydrogen-bond donors (Lipinski definition) is 0. The summed E-state index contributed by atoms with van der Waals surface area (Å²) in [6.07, 6.45) is 11.2. The van der Waals surface area contributed by atoms with Gasteiger partial charge in [0.1, 0.15) is 0 Å². The third kappa shape index (κ3) is 2.77. The summed E-state index contributed by atoms with van der Waals surface area (Å²) in [6.45, 7) is 1.48. The van der Waals surface area contributed by atoms with E-state index in [9.17, 15) is 4.79 Å². The number of hydrogen-bond acceptors (Lipinski definition) is 2. The van der Waals surface area contributed by atoms with Crippen molar-refractivity contribution in [3.8, 4) is 0 Å². The zero-order chi connectivity index (χ0) is 16.5. The average molecular weight is 321 g/mol. The molecule has 0 saturated carbocycles. The first kappa shape index (κ1) is 15.2. The minimum absolute atomic E-state index is 0.148. The third-order valence-corrected chi connectivity index (χ3v) is 5.25. The molecule has 0 fully saturated rings. The van der Waals surface area contributed by atoms with Crippen LogP contribution >= 0.6 is 0 Å². The van der Waals surface area contributed by atoms with Gasteiger partial charge in [-0.1, -0.05) is 36.4 Å². The normalized spacial score (nSPS) is 23.1. The van der Waals surface area contributed by atoms with Crippen molar-refractivity contribution in [1.82, 2.24) is 14.7 Å². The fourth-order valence-corrected chi connectivity index (χ4v) is 3.96. The van der Waals surface area contributed by atoms with Crippen molar-refractivity contribution >= 4 is 5.91 Å². The van der Waals surface area contributed by atoms with E-state index < -0.39 is 0 Å². The average Bonchev–Trinajstić information content (AvgIpc) is 3.07. The van der Waals surface area contributed by atoms with E-state index in [-0.39, 0.29) is 11.8 Å². The predicted octanol–water partition coefficient (Wildman–Crippen LogP) is 3.25. The minimum atomic E-state index is 0.148. The summed E-state index contributed by atoms with van der Waals surface area (Å²) in [6, 6.07) is 8.50. The van der Waals surface area contributed by atoms with Crippen LogP contribution in [0, 0.1) is 5.92 Å². The van der Waals surface area contributed by atoms with Crippen molar-refractivity contribution in [2.45, 2.75) is 31.7 Å². The van der Waals surface area contributed by atoms with E-state index in [1.165, 1.54) is 16.7 Å². The minimum Gasteiger partial charge on any atom is -0.337 e. The molecule has 1 aromatic heterocycles. The Balaban J connectivity index is 1.65. The van der Waals surface area contributed by atoms with Crippen LogP contribution in [0.2, 0.25) is 0 Å². The SMILES string of the molecule is Cn1cc(C2CN(C(=O)C3CC=CCC3)Cc3ccccc32)cn1. The van der Waals surface area contributed by atoms with Gasteiger partial charge < -0.3 is 4.90 Å². The van der Waals surface area contributed by atoms with Crippen molar-refractivity contribution in [3.05, 3.63) is 65.5 Å². The molecule has 2 aromatic rings. The Morgan fingerprint density at radius 1 is 1.25 bits per heavy atom. The molecular formula is C20H23N3O. The maximum atomic E-state index is 13.0. The van der Waals surface area contributed by atoms with Gasteiger partial charge in [0.15, 0.2) is 0 Å². The standard InChI is InChI=1S/C20H23N3O/c1-22-12-17(11-21-22)19-14-23(13-16-9-5-6-10-18(16)19)20(24)15-7-3-2-4-8-15/h2-3,5-6,9-12,15,19H,4,7-8,13-14H2,1H3. The summed E-state index contributed by atoms with van der Waals surface area (Å²) in [5, 5.41) is 4.33. The van der Waals surface area contributed by atoms with Gasteiger partial charge >= 0.3 is 0 Å². The zero-order valence-corrected chi connectivity index (χ0v) is 14.1. The highest BCUT2D eigenvalue weighted by molar-refractivity contribution is 5.79. The molecule has 1 aliphatic heterocycles. The smallest absolute Gasteiger partial charge is 0.226 e. The van der Waals surface area contributed by atoms with E-state index in [1.807, 2.05) is 17.9 Å². The molecule has 1 aromatic carbocycles. The molecule has 1 amide bonds. The molecular weight excluding hydrogens is 298 g/mol. The molecule has 2 unspecified atom stereocenters. The number of carbonyl (C=O) groups is 1. The van der Waals surface area contributed by atoms with E-state index in [4.69, 9.17) is 0 Å². The van der Waals surface area contributed by atoms with Crippen molar-refractivity contribution < 1.29 is 4.79 Å². The Bertz CT molecular complexity index is 777. The lowest BCUT2D eigenvalue weighted by atomic mass is 9.84. The largest absolute Gasteiger partial charge is 0.337 e. The first-order valence-corrected chi connectivity index (χ1v) is 8.72. The second-order valence-corrected chi connectivity index (χ2v) is 6.90. The van der Waals surface area contributed by atoms with Crippen LogP contribution in [-0.4, -0.2) is 27.1 Å². The summed E-state index contributed by atoms with van der Waals surface area (Å²) in [5.41, 5.74) is 3.78. The van der Waals surface area contributed by atoms with Crippen LogP contribution < -0.4 is 0 Å². The van der Waals surface area contributed by atoms with Crippen molar-refractivity contribution in [2.24, 2.45) is 13.0 Å². The van der Waals surface area contributed by atoms with Crippen LogP contribution in [0.3, 0.4) is 0 Å². The fourth-order valence-electron chi connectivity index (χ4n) is 3.96. The number of aromatic nitrogens is 2. The summed E-state index contributed by atoms with van der Waals surface area (Å²) >= 11 is 0. The molecule has 4 rings (SSSR count). The fraction of sp³-hybridized carbons (Fsp3) is 0.400. The number of aryl methyl sites for hydroxylation is 1. The molecule has 4 nitrogen and oxygen atoms in total. The number of nitrogens with zero attached hydrogens (tertiary/aromatic N) is 3. The van der Waals surface area contributed by atoms with Gasteiger partial charge in [0, 0.05) is 38.2 Å². The van der Waals surface area contributed by atoms with Gasteiger partial charge in [-0.25, -0.2) is 0 Å². The first-order valence-electron chi connectivity index (χ1n) is 8.72. The van der Waals surface area contributed by atoms with E-state index >= 15 is 0 Å². The van der Waals surface area contributed by atoms with E-state index in [0.717, 1.165) is 32.4 Å². The summed E-state index contributed by atoms with van der Waals surface area (Å²) in [4.78, 5) is 15.1. The predicted molar refractivity (Wildman–Crippen MR) is 93.4 cm³/mol. The Morgan fingerprint density at radius 2 is 2.12 bits per heavy atom. The molecule has 124 valence electrons. The van der Waals surface area contributed by atoms with Crippen LogP contribution in [-0.2, 0) is 18.4 Å². The summed E-state index contributed by atoms with van der Waals surface area (Å²) in [5.74, 6) is 0.671. The maximum absolute atomic E-state index is 13.0. The molecule has 0 N–H and O–H groups in total. The van der Waals surface area contributed by atoms with Gasteiger partial charge in [0.05, 0.1) is 6.20 Å². The second kappa shape index (κ2) is 6.27. The van der Waals surface area contributed by atoms with Crippen LogP contribution in [0.5, 0.6) is 0 Å². The van der Waals surface area contributed by atoms with Gasteiger partial charge in [0.25, 0.3) is 0 Å². The maximum Gasteiger partial charge on any atom is 0.226 e. The molecule has 0 spiro atoms. The Hall–Kier alpha value is -2.36. The number of allylic oxidation sites excluding steroid dienone is 2. The Labute approximate surface area is 142 Å². The van der Waals surface area contributed by atoms with Crippen LogP contribution in [0.15, 0.2) is 48.8 Å². The van der Waals surface area contributed by atoms with Crippen LogP contribution in [0.1, 0.15) is 41.9 Å². The molecule has 0 radical (unpaired) electrons. The van der Waals surface area contributed by atoms with Gasteiger partial charge in [0.2, 0.25) is 5.91 Å². The van der Waals surface area contributed by atoms with Gasteiger partial charge in [-0.15, -0.1) is 0 Å². The molecule has 1 aliphatic carbocycles. The zero-order valence-electron chi connectivity index (χ0n) is 14.1. The van der Waals surface area contributed by atoms with Crippen LogP contribution in [0.4, 0.5) is 0 Å².